The Balaban J connectivity index is 2.22. The van der Waals surface area contributed by atoms with Gasteiger partial charge in [0.1, 0.15) is 0 Å². The highest BCUT2D eigenvalue weighted by molar-refractivity contribution is 6.28. The van der Waals surface area contributed by atoms with Gasteiger partial charge in [-0.3, -0.25) is 0 Å². The Morgan fingerprint density at radius 2 is 1.95 bits per heavy atom. The van der Waals surface area contributed by atoms with Crippen molar-refractivity contribution in [1.29, 1.82) is 0 Å². The molecule has 1 aliphatic heterocycles. The predicted molar refractivity (Wildman–Crippen MR) is 76.0 cm³/mol. The molecule has 6 nitrogen and oxygen atoms in total. The van der Waals surface area contributed by atoms with Gasteiger partial charge < -0.3 is 14.5 Å². The SMILES string of the molecule is CCCN(CC)c1nc(Cl)nc(N2CCOCC2)n1. The minimum Gasteiger partial charge on any atom is -0.378 e. The topological polar surface area (TPSA) is 54.4 Å². The van der Waals surface area contributed by atoms with Crippen molar-refractivity contribution in [2.75, 3.05) is 49.2 Å². The lowest BCUT2D eigenvalue weighted by Gasteiger charge is -2.28. The Bertz CT molecular complexity index is 388. The van der Waals surface area contributed by atoms with Gasteiger partial charge in [0, 0.05) is 26.2 Å². The third-order valence-corrected chi connectivity index (χ3v) is 3.21. The van der Waals surface area contributed by atoms with Crippen LogP contribution in [0.1, 0.15) is 20.3 Å². The molecule has 0 saturated carbocycles. The van der Waals surface area contributed by atoms with Crippen molar-refractivity contribution in [3.8, 4) is 0 Å². The minimum absolute atomic E-state index is 0.251. The lowest BCUT2D eigenvalue weighted by atomic mass is 10.4. The molecule has 1 fully saturated rings. The monoisotopic (exact) mass is 285 g/mol. The molecule has 2 heterocycles. The zero-order valence-corrected chi connectivity index (χ0v) is 12.2. The molecule has 106 valence electrons. The van der Waals surface area contributed by atoms with Crippen LogP contribution in [0.3, 0.4) is 0 Å². The Morgan fingerprint density at radius 3 is 2.58 bits per heavy atom. The maximum Gasteiger partial charge on any atom is 0.231 e. The second-order valence-corrected chi connectivity index (χ2v) is 4.72. The standard InChI is InChI=1S/C12H20ClN5O/c1-3-5-17(4-2)11-14-10(13)15-12(16-11)18-6-8-19-9-7-18/h3-9H2,1-2H3. The van der Waals surface area contributed by atoms with E-state index >= 15 is 0 Å². The van der Waals surface area contributed by atoms with Crippen LogP contribution < -0.4 is 9.80 Å². The molecule has 1 aromatic heterocycles. The van der Waals surface area contributed by atoms with Crippen molar-refractivity contribution in [2.45, 2.75) is 20.3 Å². The molecule has 1 saturated heterocycles. The summed E-state index contributed by atoms with van der Waals surface area (Å²) in [6, 6.07) is 0. The molecule has 0 spiro atoms. The molecule has 1 aromatic rings. The summed E-state index contributed by atoms with van der Waals surface area (Å²) in [6.07, 6.45) is 1.05. The number of hydrogen-bond acceptors (Lipinski definition) is 6. The fraction of sp³-hybridized carbons (Fsp3) is 0.750. The van der Waals surface area contributed by atoms with E-state index in [2.05, 4.69) is 38.6 Å². The van der Waals surface area contributed by atoms with E-state index in [1.165, 1.54) is 0 Å². The van der Waals surface area contributed by atoms with E-state index in [1.807, 2.05) is 0 Å². The molecule has 0 unspecified atom stereocenters. The molecule has 1 aliphatic rings. The van der Waals surface area contributed by atoms with E-state index in [-0.39, 0.29) is 5.28 Å². The average Bonchev–Trinajstić information content (AvgIpc) is 2.45. The summed E-state index contributed by atoms with van der Waals surface area (Å²) in [5.74, 6) is 1.30. The van der Waals surface area contributed by atoms with Crippen LogP contribution in [-0.2, 0) is 4.74 Å². The smallest absolute Gasteiger partial charge is 0.231 e. The highest BCUT2D eigenvalue weighted by atomic mass is 35.5. The van der Waals surface area contributed by atoms with Crippen LogP contribution in [0.25, 0.3) is 0 Å². The van der Waals surface area contributed by atoms with Crippen LogP contribution in [0, 0.1) is 0 Å². The molecule has 2 rings (SSSR count). The summed E-state index contributed by atoms with van der Waals surface area (Å²) in [5.41, 5.74) is 0. The normalized spacial score (nSPS) is 15.6. The van der Waals surface area contributed by atoms with E-state index < -0.39 is 0 Å². The molecular weight excluding hydrogens is 266 g/mol. The third kappa shape index (κ3) is 3.67. The van der Waals surface area contributed by atoms with Crippen molar-refractivity contribution in [3.63, 3.8) is 0 Å². The van der Waals surface area contributed by atoms with Crippen molar-refractivity contribution >= 4 is 23.5 Å². The largest absolute Gasteiger partial charge is 0.378 e. The first-order valence-electron chi connectivity index (χ1n) is 6.73. The van der Waals surface area contributed by atoms with Crippen LogP contribution in [0.2, 0.25) is 5.28 Å². The number of hydrogen-bond donors (Lipinski definition) is 0. The molecule has 0 aromatic carbocycles. The summed E-state index contributed by atoms with van der Waals surface area (Å²) in [6.45, 7) is 8.97. The predicted octanol–water partition coefficient (Wildman–Crippen LogP) is 1.60. The number of rotatable bonds is 5. The Kier molecular flexibility index (Phi) is 5.15. The molecular formula is C12H20ClN5O. The number of ether oxygens (including phenoxy) is 1. The fourth-order valence-electron chi connectivity index (χ4n) is 2.05. The summed E-state index contributed by atoms with van der Waals surface area (Å²) >= 11 is 6.02. The highest BCUT2D eigenvalue weighted by Gasteiger charge is 2.17. The zero-order valence-electron chi connectivity index (χ0n) is 11.5. The molecule has 7 heteroatoms. The number of anilines is 2. The van der Waals surface area contributed by atoms with Gasteiger partial charge in [-0.05, 0) is 24.9 Å². The summed E-state index contributed by atoms with van der Waals surface area (Å²) in [4.78, 5) is 17.2. The summed E-state index contributed by atoms with van der Waals surface area (Å²) < 4.78 is 5.33. The van der Waals surface area contributed by atoms with Crippen molar-refractivity contribution in [2.24, 2.45) is 0 Å². The average molecular weight is 286 g/mol. The van der Waals surface area contributed by atoms with Gasteiger partial charge in [0.2, 0.25) is 17.2 Å². The van der Waals surface area contributed by atoms with E-state index in [0.29, 0.717) is 25.1 Å². The van der Waals surface area contributed by atoms with Crippen LogP contribution in [0.5, 0.6) is 0 Å². The van der Waals surface area contributed by atoms with Gasteiger partial charge in [-0.25, -0.2) is 0 Å². The lowest BCUT2D eigenvalue weighted by Crippen LogP contribution is -2.38. The minimum atomic E-state index is 0.251. The molecule has 0 amide bonds. The zero-order chi connectivity index (χ0) is 13.7. The van der Waals surface area contributed by atoms with Gasteiger partial charge >= 0.3 is 0 Å². The Morgan fingerprint density at radius 1 is 1.21 bits per heavy atom. The number of aromatic nitrogens is 3. The van der Waals surface area contributed by atoms with Crippen molar-refractivity contribution in [1.82, 2.24) is 15.0 Å². The maximum atomic E-state index is 6.02. The Hall–Kier alpha value is -1.14. The van der Waals surface area contributed by atoms with E-state index in [9.17, 15) is 0 Å². The lowest BCUT2D eigenvalue weighted by molar-refractivity contribution is 0.122. The number of nitrogens with zero attached hydrogens (tertiary/aromatic N) is 5. The highest BCUT2D eigenvalue weighted by Crippen LogP contribution is 2.17. The molecule has 0 radical (unpaired) electrons. The van der Waals surface area contributed by atoms with Gasteiger partial charge in [-0.2, -0.15) is 15.0 Å². The van der Waals surface area contributed by atoms with Crippen molar-refractivity contribution in [3.05, 3.63) is 5.28 Å². The summed E-state index contributed by atoms with van der Waals surface area (Å²) in [5, 5.41) is 0.251. The van der Waals surface area contributed by atoms with Crippen LogP contribution in [-0.4, -0.2) is 54.3 Å². The molecule has 0 atom stereocenters. The first-order valence-corrected chi connectivity index (χ1v) is 7.11. The van der Waals surface area contributed by atoms with Crippen LogP contribution in [0.15, 0.2) is 0 Å². The Labute approximate surface area is 118 Å². The van der Waals surface area contributed by atoms with Gasteiger partial charge in [-0.1, -0.05) is 6.92 Å². The second kappa shape index (κ2) is 6.86. The summed E-state index contributed by atoms with van der Waals surface area (Å²) in [7, 11) is 0. The third-order valence-electron chi connectivity index (χ3n) is 3.04. The van der Waals surface area contributed by atoms with E-state index in [1.54, 1.807) is 0 Å². The van der Waals surface area contributed by atoms with E-state index in [0.717, 1.165) is 32.6 Å². The molecule has 19 heavy (non-hydrogen) atoms. The first-order chi connectivity index (χ1) is 9.24. The molecule has 0 bridgehead atoms. The van der Waals surface area contributed by atoms with Gasteiger partial charge in [0.25, 0.3) is 0 Å². The van der Waals surface area contributed by atoms with Crippen LogP contribution in [0.4, 0.5) is 11.9 Å². The number of halogens is 1. The first kappa shape index (κ1) is 14.3. The molecule has 0 N–H and O–H groups in total. The van der Waals surface area contributed by atoms with Gasteiger partial charge in [-0.15, -0.1) is 0 Å². The van der Waals surface area contributed by atoms with Crippen LogP contribution >= 0.6 is 11.6 Å². The van der Waals surface area contributed by atoms with Gasteiger partial charge in [0.15, 0.2) is 0 Å². The fourth-order valence-corrected chi connectivity index (χ4v) is 2.20. The number of morpholine rings is 1. The quantitative estimate of drug-likeness (QED) is 0.819. The maximum absolute atomic E-state index is 6.02. The van der Waals surface area contributed by atoms with Crippen molar-refractivity contribution < 1.29 is 4.74 Å². The second-order valence-electron chi connectivity index (χ2n) is 4.38. The van der Waals surface area contributed by atoms with E-state index in [4.69, 9.17) is 16.3 Å². The van der Waals surface area contributed by atoms with Gasteiger partial charge in [0.05, 0.1) is 13.2 Å². The molecule has 0 aliphatic carbocycles.